The van der Waals surface area contributed by atoms with Crippen LogP contribution in [0.3, 0.4) is 0 Å². The number of aromatic nitrogens is 2. The highest BCUT2D eigenvalue weighted by molar-refractivity contribution is 7.97. The van der Waals surface area contributed by atoms with Crippen molar-refractivity contribution in [3.05, 3.63) is 66.0 Å². The van der Waals surface area contributed by atoms with Crippen molar-refractivity contribution < 1.29 is 4.79 Å². The number of rotatable bonds is 7. The number of nitrogens with two attached hydrogens (primary N) is 1. The fraction of sp³-hybridized carbons (Fsp3) is 0.263. The maximum atomic E-state index is 12.4. The zero-order chi connectivity index (χ0) is 17.6. The van der Waals surface area contributed by atoms with Crippen LogP contribution >= 0.6 is 36.6 Å². The Morgan fingerprint density at radius 3 is 2.52 bits per heavy atom. The van der Waals surface area contributed by atoms with E-state index < -0.39 is 0 Å². The number of fused-ring (bicyclic) bond motifs is 1. The molecule has 0 fully saturated rings. The fourth-order valence-electron chi connectivity index (χ4n) is 2.78. The number of nitrogens with zero attached hydrogens (tertiary/aromatic N) is 2. The van der Waals surface area contributed by atoms with Crippen molar-refractivity contribution in [2.45, 2.75) is 18.3 Å². The van der Waals surface area contributed by atoms with Gasteiger partial charge in [0.1, 0.15) is 12.4 Å². The molecule has 1 aromatic heterocycles. The molecule has 8 heteroatoms. The molecule has 0 saturated heterocycles. The smallest absolute Gasteiger partial charge is 0.240 e. The maximum absolute atomic E-state index is 12.4. The van der Waals surface area contributed by atoms with Gasteiger partial charge in [0, 0.05) is 12.6 Å². The van der Waals surface area contributed by atoms with Gasteiger partial charge in [0.05, 0.1) is 16.8 Å². The van der Waals surface area contributed by atoms with Crippen molar-refractivity contribution in [3.63, 3.8) is 0 Å². The molecule has 0 bridgehead atoms. The lowest BCUT2D eigenvalue weighted by Gasteiger charge is -2.14. The van der Waals surface area contributed by atoms with Gasteiger partial charge in [-0.3, -0.25) is 4.79 Å². The molecule has 146 valence electrons. The van der Waals surface area contributed by atoms with Crippen LogP contribution in [0.2, 0.25) is 0 Å². The van der Waals surface area contributed by atoms with Gasteiger partial charge in [-0.15, -0.1) is 24.8 Å². The molecule has 1 atom stereocenters. The maximum Gasteiger partial charge on any atom is 0.240 e. The van der Waals surface area contributed by atoms with E-state index >= 15 is 0 Å². The third-order valence-corrected chi connectivity index (χ3v) is 4.60. The van der Waals surface area contributed by atoms with E-state index in [0.717, 1.165) is 28.2 Å². The summed E-state index contributed by atoms with van der Waals surface area (Å²) in [4.78, 5) is 17.1. The second-order valence-corrected chi connectivity index (χ2v) is 6.72. The highest BCUT2D eigenvalue weighted by atomic mass is 35.5. The topological polar surface area (TPSA) is 72.9 Å². The van der Waals surface area contributed by atoms with Gasteiger partial charge in [-0.1, -0.05) is 42.5 Å². The molecule has 0 saturated carbocycles. The number of hydrogen-bond donors (Lipinski definition) is 2. The summed E-state index contributed by atoms with van der Waals surface area (Å²) in [6, 6.07) is 17.5. The number of carbonyl (C=O) groups excluding carboxylic acids is 1. The zero-order valence-electron chi connectivity index (χ0n) is 15.0. The van der Waals surface area contributed by atoms with Gasteiger partial charge in [-0.05, 0) is 24.0 Å². The van der Waals surface area contributed by atoms with E-state index in [2.05, 4.69) is 10.3 Å². The first-order valence-corrected chi connectivity index (χ1v) is 9.58. The summed E-state index contributed by atoms with van der Waals surface area (Å²) in [5.41, 5.74) is 9.06. The third-order valence-electron chi connectivity index (χ3n) is 4.06. The highest BCUT2D eigenvalue weighted by Gasteiger charge is 2.14. The third kappa shape index (κ3) is 5.87. The summed E-state index contributed by atoms with van der Waals surface area (Å²) in [7, 11) is 0. The minimum absolute atomic E-state index is 0. The SMILES string of the molecule is CSCc1nc2ccccc2n1CC(=O)NCC(N)c1ccccc1.Cl.Cl. The minimum Gasteiger partial charge on any atom is -0.353 e. The molecule has 3 rings (SSSR count). The average molecular weight is 427 g/mol. The molecule has 3 N–H and O–H groups in total. The molecule has 1 unspecified atom stereocenters. The number of amides is 1. The molecule has 0 aliphatic carbocycles. The molecule has 5 nitrogen and oxygen atoms in total. The molecule has 3 aromatic rings. The van der Waals surface area contributed by atoms with Gasteiger partial charge in [-0.25, -0.2) is 4.98 Å². The molecule has 0 radical (unpaired) electrons. The normalized spacial score (nSPS) is 11.3. The number of hydrogen-bond acceptors (Lipinski definition) is 4. The van der Waals surface area contributed by atoms with Crippen molar-refractivity contribution >= 4 is 53.5 Å². The Morgan fingerprint density at radius 1 is 1.15 bits per heavy atom. The molecule has 1 heterocycles. The number of benzene rings is 2. The summed E-state index contributed by atoms with van der Waals surface area (Å²) >= 11 is 1.69. The van der Waals surface area contributed by atoms with E-state index in [9.17, 15) is 4.79 Å². The Hall–Kier alpha value is -1.73. The van der Waals surface area contributed by atoms with Crippen LogP contribution in [0.25, 0.3) is 11.0 Å². The van der Waals surface area contributed by atoms with Gasteiger partial charge in [0.15, 0.2) is 0 Å². The number of thioether (sulfide) groups is 1. The average Bonchev–Trinajstić information content (AvgIpc) is 2.98. The van der Waals surface area contributed by atoms with E-state index in [4.69, 9.17) is 5.73 Å². The molecule has 0 spiro atoms. The van der Waals surface area contributed by atoms with E-state index in [0.29, 0.717) is 6.54 Å². The summed E-state index contributed by atoms with van der Waals surface area (Å²) in [6.45, 7) is 0.658. The second-order valence-electron chi connectivity index (χ2n) is 5.86. The number of carbonyl (C=O) groups is 1. The monoisotopic (exact) mass is 426 g/mol. The molecular formula is C19H24Cl2N4OS. The van der Waals surface area contributed by atoms with Crippen LogP contribution in [-0.2, 0) is 17.1 Å². The van der Waals surface area contributed by atoms with Crippen molar-refractivity contribution in [2.75, 3.05) is 12.8 Å². The lowest BCUT2D eigenvalue weighted by molar-refractivity contribution is -0.121. The quantitative estimate of drug-likeness (QED) is 0.605. The first kappa shape index (κ1) is 23.3. The number of nitrogens with one attached hydrogen (secondary N) is 1. The molecule has 1 amide bonds. The predicted octanol–water partition coefficient (Wildman–Crippen LogP) is 3.56. The van der Waals surface area contributed by atoms with Gasteiger partial charge < -0.3 is 15.6 Å². The highest BCUT2D eigenvalue weighted by Crippen LogP contribution is 2.18. The Bertz CT molecular complexity index is 857. The second kappa shape index (κ2) is 11.2. The van der Waals surface area contributed by atoms with Crippen molar-refractivity contribution in [1.29, 1.82) is 0 Å². The summed E-state index contributed by atoms with van der Waals surface area (Å²) < 4.78 is 1.98. The van der Waals surface area contributed by atoms with Crippen LogP contribution in [0.15, 0.2) is 54.6 Å². The number of imidazole rings is 1. The van der Waals surface area contributed by atoms with Crippen LogP contribution in [0.4, 0.5) is 0 Å². The first-order valence-electron chi connectivity index (χ1n) is 8.19. The van der Waals surface area contributed by atoms with Crippen molar-refractivity contribution in [3.8, 4) is 0 Å². The number of para-hydroxylation sites is 2. The molecule has 0 aliphatic heterocycles. The fourth-order valence-corrected chi connectivity index (χ4v) is 3.26. The van der Waals surface area contributed by atoms with Crippen LogP contribution in [0.5, 0.6) is 0 Å². The minimum atomic E-state index is -0.213. The summed E-state index contributed by atoms with van der Waals surface area (Å²) in [5.74, 6) is 1.62. The van der Waals surface area contributed by atoms with Gasteiger partial charge in [-0.2, -0.15) is 11.8 Å². The van der Waals surface area contributed by atoms with Crippen molar-refractivity contribution in [1.82, 2.24) is 14.9 Å². The largest absolute Gasteiger partial charge is 0.353 e. The van der Waals surface area contributed by atoms with Crippen LogP contribution in [0.1, 0.15) is 17.4 Å². The van der Waals surface area contributed by atoms with Crippen LogP contribution < -0.4 is 11.1 Å². The van der Waals surface area contributed by atoms with Crippen molar-refractivity contribution in [2.24, 2.45) is 5.73 Å². The zero-order valence-corrected chi connectivity index (χ0v) is 17.4. The Balaban J connectivity index is 0.00000182. The van der Waals surface area contributed by atoms with E-state index in [-0.39, 0.29) is 43.3 Å². The van der Waals surface area contributed by atoms with E-state index in [1.54, 1.807) is 11.8 Å². The molecule has 27 heavy (non-hydrogen) atoms. The number of halogens is 2. The molecule has 0 aliphatic rings. The van der Waals surface area contributed by atoms with Gasteiger partial charge in [0.2, 0.25) is 5.91 Å². The standard InChI is InChI=1S/C19H22N4OS.2ClH/c1-25-13-18-22-16-9-5-6-10-17(16)23(18)12-19(24)21-11-15(20)14-7-3-2-4-8-14;;/h2-10,15H,11-13,20H2,1H3,(H,21,24);2*1H. The molecular weight excluding hydrogens is 403 g/mol. The Morgan fingerprint density at radius 2 is 1.81 bits per heavy atom. The van der Waals surface area contributed by atoms with Crippen LogP contribution in [-0.4, -0.2) is 28.3 Å². The van der Waals surface area contributed by atoms with Gasteiger partial charge >= 0.3 is 0 Å². The van der Waals surface area contributed by atoms with E-state index in [1.807, 2.05) is 65.4 Å². The summed E-state index contributed by atoms with van der Waals surface area (Å²) in [5, 5.41) is 2.93. The lowest BCUT2D eigenvalue weighted by atomic mass is 10.1. The first-order chi connectivity index (χ1) is 12.2. The molecule has 2 aromatic carbocycles. The van der Waals surface area contributed by atoms with E-state index in [1.165, 1.54) is 0 Å². The summed E-state index contributed by atoms with van der Waals surface area (Å²) in [6.07, 6.45) is 2.03. The Kier molecular flexibility index (Phi) is 9.66. The Labute approximate surface area is 175 Å². The van der Waals surface area contributed by atoms with Gasteiger partial charge in [0.25, 0.3) is 0 Å². The lowest BCUT2D eigenvalue weighted by Crippen LogP contribution is -2.34. The van der Waals surface area contributed by atoms with Crippen LogP contribution in [0, 0.1) is 0 Å². The predicted molar refractivity (Wildman–Crippen MR) is 118 cm³/mol.